The number of amides is 2. The number of hydrogen-bond donors (Lipinski definition) is 0. The summed E-state index contributed by atoms with van der Waals surface area (Å²) in [6.45, 7) is 2.13. The standard InChI is InChI=1S/C20H18ClNO7S/c1-4-28-15-8-11(7-13(21)17(15)26-2)9-16-18(23)22(20(25)30-16)10-12-5-6-14(29-12)19(24)27-3/h5-9H,4,10H2,1-3H3. The number of imide groups is 1. The highest BCUT2D eigenvalue weighted by Crippen LogP contribution is 2.39. The topological polar surface area (TPSA) is 95.3 Å². The van der Waals surface area contributed by atoms with Crippen LogP contribution in [0.15, 0.2) is 33.6 Å². The van der Waals surface area contributed by atoms with Gasteiger partial charge < -0.3 is 18.6 Å². The van der Waals surface area contributed by atoms with Gasteiger partial charge >= 0.3 is 5.97 Å². The normalized spacial score (nSPS) is 15.1. The SMILES string of the molecule is CCOc1cc(C=C2SC(=O)N(Cc3ccc(C(=O)OC)o3)C2=O)cc(Cl)c1OC. The fourth-order valence-electron chi connectivity index (χ4n) is 2.75. The molecule has 2 aromatic rings. The summed E-state index contributed by atoms with van der Waals surface area (Å²) in [6.07, 6.45) is 1.56. The number of methoxy groups -OCH3 is 2. The van der Waals surface area contributed by atoms with Crippen LogP contribution in [0.5, 0.6) is 11.5 Å². The number of hydrogen-bond acceptors (Lipinski definition) is 8. The fraction of sp³-hybridized carbons (Fsp3) is 0.250. The van der Waals surface area contributed by atoms with Crippen molar-refractivity contribution < 1.29 is 33.0 Å². The van der Waals surface area contributed by atoms with Gasteiger partial charge in [-0.3, -0.25) is 14.5 Å². The summed E-state index contributed by atoms with van der Waals surface area (Å²) in [5.41, 5.74) is 0.584. The highest BCUT2D eigenvalue weighted by atomic mass is 35.5. The molecule has 8 nitrogen and oxygen atoms in total. The minimum Gasteiger partial charge on any atom is -0.491 e. The maximum absolute atomic E-state index is 12.7. The van der Waals surface area contributed by atoms with Gasteiger partial charge in [-0.15, -0.1) is 0 Å². The van der Waals surface area contributed by atoms with E-state index in [4.69, 9.17) is 25.5 Å². The Kier molecular flexibility index (Phi) is 6.73. The summed E-state index contributed by atoms with van der Waals surface area (Å²) < 4.78 is 20.7. The van der Waals surface area contributed by atoms with E-state index in [1.54, 1.807) is 18.2 Å². The molecule has 1 aromatic heterocycles. The Bertz CT molecular complexity index is 1030. The third kappa shape index (κ3) is 4.47. The second-order valence-corrected chi connectivity index (χ2v) is 7.39. The van der Waals surface area contributed by atoms with E-state index in [0.717, 1.165) is 16.7 Å². The van der Waals surface area contributed by atoms with E-state index in [2.05, 4.69) is 4.74 Å². The highest BCUT2D eigenvalue weighted by Gasteiger charge is 2.36. The van der Waals surface area contributed by atoms with Crippen LogP contribution in [0.2, 0.25) is 5.02 Å². The molecule has 0 aliphatic carbocycles. The van der Waals surface area contributed by atoms with Gasteiger partial charge in [0.1, 0.15) is 5.76 Å². The number of carbonyl (C=O) groups excluding carboxylic acids is 3. The number of thioether (sulfide) groups is 1. The maximum atomic E-state index is 12.7. The van der Waals surface area contributed by atoms with Gasteiger partial charge in [-0.25, -0.2) is 4.79 Å². The molecule has 2 heterocycles. The predicted molar refractivity (Wildman–Crippen MR) is 111 cm³/mol. The molecule has 3 rings (SSSR count). The molecule has 0 saturated carbocycles. The number of rotatable bonds is 7. The summed E-state index contributed by atoms with van der Waals surface area (Å²) in [7, 11) is 2.71. The van der Waals surface area contributed by atoms with Gasteiger partial charge in [0.25, 0.3) is 11.1 Å². The Balaban J connectivity index is 1.83. The first-order valence-corrected chi connectivity index (χ1v) is 10.00. The van der Waals surface area contributed by atoms with Gasteiger partial charge in [0.05, 0.1) is 37.3 Å². The number of esters is 1. The zero-order chi connectivity index (χ0) is 21.8. The van der Waals surface area contributed by atoms with Crippen LogP contribution in [0.25, 0.3) is 6.08 Å². The maximum Gasteiger partial charge on any atom is 0.373 e. The third-order valence-corrected chi connectivity index (χ3v) is 5.26. The summed E-state index contributed by atoms with van der Waals surface area (Å²) >= 11 is 7.04. The molecule has 0 spiro atoms. The Morgan fingerprint density at radius 3 is 2.70 bits per heavy atom. The van der Waals surface area contributed by atoms with Crippen LogP contribution in [0.1, 0.15) is 28.8 Å². The number of halogens is 1. The van der Waals surface area contributed by atoms with Gasteiger partial charge in [-0.1, -0.05) is 11.6 Å². The fourth-order valence-corrected chi connectivity index (χ4v) is 3.88. The Hall–Kier alpha value is -2.91. The second kappa shape index (κ2) is 9.27. The van der Waals surface area contributed by atoms with Crippen molar-refractivity contribution in [2.24, 2.45) is 0 Å². The van der Waals surface area contributed by atoms with E-state index in [1.807, 2.05) is 6.92 Å². The lowest BCUT2D eigenvalue weighted by atomic mass is 10.1. The van der Waals surface area contributed by atoms with Crippen molar-refractivity contribution >= 4 is 46.6 Å². The molecule has 1 aromatic carbocycles. The van der Waals surface area contributed by atoms with Crippen molar-refractivity contribution in [1.82, 2.24) is 4.90 Å². The molecule has 1 aliphatic heterocycles. The molecule has 0 radical (unpaired) electrons. The lowest BCUT2D eigenvalue weighted by Gasteiger charge is -2.12. The molecule has 1 saturated heterocycles. The monoisotopic (exact) mass is 451 g/mol. The lowest BCUT2D eigenvalue weighted by Crippen LogP contribution is -2.27. The summed E-state index contributed by atoms with van der Waals surface area (Å²) in [6, 6.07) is 6.23. The van der Waals surface area contributed by atoms with E-state index in [-0.39, 0.29) is 23.0 Å². The molecule has 30 heavy (non-hydrogen) atoms. The Morgan fingerprint density at radius 1 is 1.27 bits per heavy atom. The first-order chi connectivity index (χ1) is 14.4. The van der Waals surface area contributed by atoms with Crippen molar-refractivity contribution in [1.29, 1.82) is 0 Å². The molecule has 1 fully saturated rings. The number of carbonyl (C=O) groups is 3. The number of nitrogens with zero attached hydrogens (tertiary/aromatic N) is 1. The van der Waals surface area contributed by atoms with E-state index in [0.29, 0.717) is 28.7 Å². The summed E-state index contributed by atoms with van der Waals surface area (Å²) in [4.78, 5) is 37.8. The largest absolute Gasteiger partial charge is 0.491 e. The zero-order valence-electron chi connectivity index (χ0n) is 16.4. The molecule has 0 atom stereocenters. The molecular formula is C20H18ClNO7S. The van der Waals surface area contributed by atoms with Crippen LogP contribution in [0.3, 0.4) is 0 Å². The molecule has 2 amide bonds. The zero-order valence-corrected chi connectivity index (χ0v) is 18.0. The van der Waals surface area contributed by atoms with Crippen LogP contribution in [0, 0.1) is 0 Å². The van der Waals surface area contributed by atoms with Crippen molar-refractivity contribution in [3.8, 4) is 11.5 Å². The van der Waals surface area contributed by atoms with E-state index in [1.165, 1.54) is 26.4 Å². The second-order valence-electron chi connectivity index (χ2n) is 5.99. The molecule has 0 N–H and O–H groups in total. The van der Waals surface area contributed by atoms with E-state index < -0.39 is 17.1 Å². The number of furan rings is 1. The number of ether oxygens (including phenoxy) is 3. The number of benzene rings is 1. The molecule has 0 unspecified atom stereocenters. The van der Waals surface area contributed by atoms with Gasteiger partial charge in [0, 0.05) is 0 Å². The molecular weight excluding hydrogens is 434 g/mol. The Morgan fingerprint density at radius 2 is 2.03 bits per heavy atom. The van der Waals surface area contributed by atoms with E-state index >= 15 is 0 Å². The predicted octanol–water partition coefficient (Wildman–Crippen LogP) is 4.36. The molecule has 0 bridgehead atoms. The minimum atomic E-state index is -0.642. The first-order valence-electron chi connectivity index (χ1n) is 8.80. The first kappa shape index (κ1) is 21.8. The van der Waals surface area contributed by atoms with Crippen molar-refractivity contribution in [2.45, 2.75) is 13.5 Å². The van der Waals surface area contributed by atoms with Crippen LogP contribution in [-0.4, -0.2) is 42.8 Å². The van der Waals surface area contributed by atoms with Crippen molar-refractivity contribution in [2.75, 3.05) is 20.8 Å². The average Bonchev–Trinajstić information content (AvgIpc) is 3.28. The lowest BCUT2D eigenvalue weighted by molar-refractivity contribution is -0.123. The average molecular weight is 452 g/mol. The van der Waals surface area contributed by atoms with Crippen molar-refractivity contribution in [3.05, 3.63) is 51.3 Å². The van der Waals surface area contributed by atoms with E-state index in [9.17, 15) is 14.4 Å². The van der Waals surface area contributed by atoms with Crippen LogP contribution in [0.4, 0.5) is 4.79 Å². The Labute approximate surface area is 181 Å². The third-order valence-electron chi connectivity index (χ3n) is 4.07. The molecule has 10 heteroatoms. The van der Waals surface area contributed by atoms with Gasteiger partial charge in [0.15, 0.2) is 11.5 Å². The summed E-state index contributed by atoms with van der Waals surface area (Å²) in [5, 5.41) is -0.133. The van der Waals surface area contributed by atoms with Gasteiger partial charge in [-0.05, 0) is 54.6 Å². The van der Waals surface area contributed by atoms with Crippen LogP contribution >= 0.6 is 23.4 Å². The van der Waals surface area contributed by atoms with Crippen LogP contribution < -0.4 is 9.47 Å². The summed E-state index contributed by atoms with van der Waals surface area (Å²) in [5.74, 6) is -0.0222. The van der Waals surface area contributed by atoms with Crippen molar-refractivity contribution in [3.63, 3.8) is 0 Å². The van der Waals surface area contributed by atoms with Gasteiger partial charge in [-0.2, -0.15) is 0 Å². The molecule has 1 aliphatic rings. The smallest absolute Gasteiger partial charge is 0.373 e. The minimum absolute atomic E-state index is 0.00802. The van der Waals surface area contributed by atoms with Gasteiger partial charge in [0.2, 0.25) is 5.76 Å². The quantitative estimate of drug-likeness (QED) is 0.452. The highest BCUT2D eigenvalue weighted by molar-refractivity contribution is 8.18. The molecule has 158 valence electrons. The van der Waals surface area contributed by atoms with Crippen LogP contribution in [-0.2, 0) is 16.1 Å².